The van der Waals surface area contributed by atoms with Gasteiger partial charge in [-0.15, -0.1) is 42.4 Å². The first-order valence-corrected chi connectivity index (χ1v) is 14.6. The molecule has 0 nitrogen and oxygen atoms in total. The Bertz CT molecular complexity index is 1240. The Kier molecular flexibility index (Phi) is 19.4. The van der Waals surface area contributed by atoms with Gasteiger partial charge < -0.3 is 0 Å². The average Bonchev–Trinajstić information content (AvgIpc) is 3.61. The van der Waals surface area contributed by atoms with Gasteiger partial charge >= 0.3 is 28.4 Å². The molecule has 0 spiro atoms. The third-order valence-electron chi connectivity index (χ3n) is 6.35. The van der Waals surface area contributed by atoms with Crippen LogP contribution in [0, 0.1) is 65.8 Å². The monoisotopic (exact) mass is 644 g/mol. The first-order valence-electron chi connectivity index (χ1n) is 12.9. The molecule has 0 aliphatic heterocycles. The summed E-state index contributed by atoms with van der Waals surface area (Å²) in [6.45, 7) is 12.8. The van der Waals surface area contributed by atoms with Gasteiger partial charge in [0.25, 0.3) is 0 Å². The molecule has 210 valence electrons. The van der Waals surface area contributed by atoms with Crippen LogP contribution in [0.2, 0.25) is 0 Å². The topological polar surface area (TPSA) is 0 Å². The molecule has 4 aromatic carbocycles. The number of aryl methyl sites for hydroxylation is 6. The van der Waals surface area contributed by atoms with Crippen molar-refractivity contribution in [3.05, 3.63) is 154 Å². The second-order valence-corrected chi connectivity index (χ2v) is 9.40. The number of halogens is 2. The second-order valence-electron chi connectivity index (χ2n) is 9.40. The van der Waals surface area contributed by atoms with Gasteiger partial charge in [-0.3, -0.25) is 6.08 Å². The van der Waals surface area contributed by atoms with Gasteiger partial charge in [0.15, 0.2) is 0 Å². The molecule has 3 heteroatoms. The Balaban J connectivity index is 0.000000554. The first-order chi connectivity index (χ1) is 18.3. The zero-order valence-electron chi connectivity index (χ0n) is 24.5. The van der Waals surface area contributed by atoms with Gasteiger partial charge in [0.05, 0.1) is 0 Å². The van der Waals surface area contributed by atoms with Crippen molar-refractivity contribution in [2.45, 2.75) is 54.4 Å². The molecule has 0 radical (unpaired) electrons. The van der Waals surface area contributed by atoms with Crippen LogP contribution in [0.5, 0.6) is 0 Å². The van der Waals surface area contributed by atoms with Crippen LogP contribution in [0.1, 0.15) is 50.9 Å². The van der Waals surface area contributed by atoms with Crippen LogP contribution in [0.25, 0.3) is 11.1 Å². The third-order valence-corrected chi connectivity index (χ3v) is 6.35. The van der Waals surface area contributed by atoms with Crippen LogP contribution in [0.3, 0.4) is 0 Å². The Hall–Kier alpha value is -2.31. The van der Waals surface area contributed by atoms with E-state index in [9.17, 15) is 0 Å². The molecule has 0 N–H and O–H groups in total. The molecule has 0 fully saturated rings. The fourth-order valence-corrected chi connectivity index (χ4v) is 3.93. The minimum absolute atomic E-state index is 0. The molecule has 0 unspecified atom stereocenters. The molecule has 0 saturated heterocycles. The molecule has 0 bridgehead atoms. The van der Waals surface area contributed by atoms with Crippen molar-refractivity contribution in [3.8, 4) is 11.1 Å². The van der Waals surface area contributed by atoms with E-state index in [4.69, 9.17) is 0 Å². The van der Waals surface area contributed by atoms with Gasteiger partial charge in [-0.05, 0) is 37.0 Å². The normalized spacial score (nSPS) is 10.6. The maximum absolute atomic E-state index is 3.54. The Morgan fingerprint density at radius 2 is 1.18 bits per heavy atom. The van der Waals surface area contributed by atoms with Crippen LogP contribution >= 0.6 is 24.8 Å². The van der Waals surface area contributed by atoms with Crippen LogP contribution in [-0.4, -0.2) is 4.21 Å². The SMILES string of the molecule is Cc1[c-]c2c(cc1C)-c1cc(C)c(C)cc1C2.Cc1cc[c-]cc1.Cc1cc[c-]cc1.Cl.Cl.[C-]1=CC=CC1.[CH2]=[Zr]. The molecule has 2 aliphatic carbocycles. The standard InChI is InChI=1S/C17H17.2C7H7.C5H5.CH2.2ClH.Zr/c1-10-5-14-9-15-6-11(2)13(4)8-17(15)16(14)7-12(10)3;2*1-7-5-3-2-4-6-7;1-2-4-5-3-1;;;;/h5,7-8H,9H2,1-4H3;2*3-6H,1H3;1-3H,4H2;1H2;2*1H;/q4*-1;;;;. The van der Waals surface area contributed by atoms with Crippen LogP contribution in [0.15, 0.2) is 85.0 Å². The van der Waals surface area contributed by atoms with Crippen molar-refractivity contribution in [3.63, 3.8) is 0 Å². The fraction of sp³-hybridized carbons (Fsp3) is 0.216. The summed E-state index contributed by atoms with van der Waals surface area (Å²) in [5.74, 6) is 0. The summed E-state index contributed by atoms with van der Waals surface area (Å²) in [7, 11) is 0. The third kappa shape index (κ3) is 12.5. The molecule has 0 atom stereocenters. The van der Waals surface area contributed by atoms with E-state index >= 15 is 0 Å². The molecule has 0 saturated carbocycles. The molecule has 0 aromatic heterocycles. The fourth-order valence-electron chi connectivity index (χ4n) is 3.93. The zero-order chi connectivity index (χ0) is 27.9. The van der Waals surface area contributed by atoms with E-state index in [1.165, 1.54) is 79.9 Å². The van der Waals surface area contributed by atoms with Crippen molar-refractivity contribution in [2.24, 2.45) is 0 Å². The predicted molar refractivity (Wildman–Crippen MR) is 176 cm³/mol. The maximum atomic E-state index is 3.54. The summed E-state index contributed by atoms with van der Waals surface area (Å²) in [6, 6.07) is 32.2. The molecule has 0 amide bonds. The molecule has 4 aromatic rings. The molecule has 6 rings (SSSR count). The van der Waals surface area contributed by atoms with Crippen molar-refractivity contribution in [2.75, 3.05) is 0 Å². The van der Waals surface area contributed by atoms with Crippen molar-refractivity contribution in [1.82, 2.24) is 0 Å². The number of hydrogen-bond acceptors (Lipinski definition) is 0. The first kappa shape index (κ1) is 37.7. The Morgan fingerprint density at radius 1 is 0.675 bits per heavy atom. The van der Waals surface area contributed by atoms with Crippen LogP contribution < -0.4 is 0 Å². The number of hydrogen-bond donors (Lipinski definition) is 0. The summed E-state index contributed by atoms with van der Waals surface area (Å²) in [5, 5.41) is 0. The zero-order valence-corrected chi connectivity index (χ0v) is 28.6. The van der Waals surface area contributed by atoms with Crippen molar-refractivity contribution >= 4 is 29.0 Å². The van der Waals surface area contributed by atoms with Gasteiger partial charge in [0.2, 0.25) is 0 Å². The summed E-state index contributed by atoms with van der Waals surface area (Å²) < 4.78 is 3.34. The van der Waals surface area contributed by atoms with E-state index in [1.807, 2.05) is 60.7 Å². The Morgan fingerprint density at radius 3 is 1.57 bits per heavy atom. The molecular formula is C37H40Cl2Zr-4. The molecule has 0 heterocycles. The van der Waals surface area contributed by atoms with Crippen LogP contribution in [-0.2, 0) is 30.7 Å². The van der Waals surface area contributed by atoms with E-state index in [0.717, 1.165) is 12.8 Å². The van der Waals surface area contributed by atoms with E-state index in [0.29, 0.717) is 0 Å². The summed E-state index contributed by atoms with van der Waals surface area (Å²) in [4.78, 5) is 0. The van der Waals surface area contributed by atoms with E-state index in [1.54, 1.807) is 0 Å². The van der Waals surface area contributed by atoms with Gasteiger partial charge in [0.1, 0.15) is 0 Å². The summed E-state index contributed by atoms with van der Waals surface area (Å²) in [5.41, 5.74) is 13.6. The quantitative estimate of drug-likeness (QED) is 0.147. The predicted octanol–water partition coefficient (Wildman–Crippen LogP) is 10.00. The van der Waals surface area contributed by atoms with E-state index < -0.39 is 0 Å². The Labute approximate surface area is 270 Å². The number of rotatable bonds is 0. The molecule has 2 aliphatic rings. The van der Waals surface area contributed by atoms with Crippen molar-refractivity contribution < 1.29 is 24.2 Å². The number of fused-ring (bicyclic) bond motifs is 3. The molecular weight excluding hydrogens is 607 g/mol. The van der Waals surface area contributed by atoms with E-state index in [2.05, 4.69) is 94.3 Å². The van der Waals surface area contributed by atoms with Gasteiger partial charge in [-0.25, -0.2) is 12.2 Å². The van der Waals surface area contributed by atoms with Crippen LogP contribution in [0.4, 0.5) is 0 Å². The van der Waals surface area contributed by atoms with Crippen molar-refractivity contribution in [1.29, 1.82) is 0 Å². The van der Waals surface area contributed by atoms with E-state index in [-0.39, 0.29) is 24.8 Å². The number of benzene rings is 4. The average molecular weight is 647 g/mol. The second kappa shape index (κ2) is 20.6. The van der Waals surface area contributed by atoms with Gasteiger partial charge in [-0.1, -0.05) is 45.4 Å². The van der Waals surface area contributed by atoms with Gasteiger partial charge in [-0.2, -0.15) is 101 Å². The van der Waals surface area contributed by atoms with Gasteiger partial charge in [0, 0.05) is 0 Å². The molecule has 40 heavy (non-hydrogen) atoms. The minimum atomic E-state index is 0. The summed E-state index contributed by atoms with van der Waals surface area (Å²) in [6.07, 6.45) is 11.0. The summed E-state index contributed by atoms with van der Waals surface area (Å²) >= 11 is 1.30. The number of allylic oxidation sites excluding steroid dienone is 4.